The van der Waals surface area contributed by atoms with Crippen molar-refractivity contribution in [3.63, 3.8) is 0 Å². The molecule has 0 aliphatic carbocycles. The van der Waals surface area contributed by atoms with Crippen LogP contribution < -0.4 is 0 Å². The Kier molecular flexibility index (Phi) is 1.83. The third-order valence-corrected chi connectivity index (χ3v) is 3.22. The Bertz CT molecular complexity index is 195. The van der Waals surface area contributed by atoms with Crippen LogP contribution in [0, 0.1) is 5.41 Å². The van der Waals surface area contributed by atoms with E-state index in [2.05, 4.69) is 4.90 Å². The van der Waals surface area contributed by atoms with Crippen molar-refractivity contribution in [1.29, 1.82) is 0 Å². The first-order valence-corrected chi connectivity index (χ1v) is 4.53. The van der Waals surface area contributed by atoms with Crippen LogP contribution in [0.5, 0.6) is 0 Å². The monoisotopic (exact) mass is 169 g/mol. The van der Waals surface area contributed by atoms with E-state index in [0.717, 1.165) is 6.54 Å². The first-order chi connectivity index (χ1) is 5.74. The number of esters is 1. The molecule has 2 fully saturated rings. The normalized spacial score (nSPS) is 38.6. The summed E-state index contributed by atoms with van der Waals surface area (Å²) < 4.78 is 4.70. The summed E-state index contributed by atoms with van der Waals surface area (Å²) in [5, 5.41) is 0. The van der Waals surface area contributed by atoms with E-state index >= 15 is 0 Å². The zero-order valence-electron chi connectivity index (χ0n) is 7.51. The maximum atomic E-state index is 11.1. The van der Waals surface area contributed by atoms with E-state index < -0.39 is 0 Å². The lowest BCUT2D eigenvalue weighted by Crippen LogP contribution is -2.23. The van der Waals surface area contributed by atoms with Gasteiger partial charge in [-0.25, -0.2) is 0 Å². The highest BCUT2D eigenvalue weighted by Crippen LogP contribution is 2.43. The minimum absolute atomic E-state index is 0.0428. The van der Waals surface area contributed by atoms with Gasteiger partial charge in [0.2, 0.25) is 0 Å². The summed E-state index contributed by atoms with van der Waals surface area (Å²) in [5.74, 6) is -0.0428. The maximum Gasteiger partial charge on any atom is 0.306 e. The van der Waals surface area contributed by atoms with Gasteiger partial charge in [-0.2, -0.15) is 0 Å². The Morgan fingerprint density at radius 1 is 1.50 bits per heavy atom. The number of carbonyl (C=O) groups excluding carboxylic acids is 1. The predicted molar refractivity (Wildman–Crippen MR) is 44.7 cm³/mol. The molecule has 0 aromatic rings. The molecule has 0 aromatic heterocycles. The van der Waals surface area contributed by atoms with Crippen molar-refractivity contribution >= 4 is 5.97 Å². The number of carbonyl (C=O) groups is 1. The molecule has 0 amide bonds. The fourth-order valence-electron chi connectivity index (χ4n) is 2.43. The second-order valence-electron chi connectivity index (χ2n) is 4.03. The lowest BCUT2D eigenvalue weighted by atomic mass is 9.81. The van der Waals surface area contributed by atoms with Crippen molar-refractivity contribution in [2.24, 2.45) is 5.41 Å². The molecule has 2 aliphatic rings. The van der Waals surface area contributed by atoms with E-state index in [0.29, 0.717) is 6.42 Å². The van der Waals surface area contributed by atoms with Crippen LogP contribution in [-0.4, -0.2) is 37.6 Å². The van der Waals surface area contributed by atoms with Gasteiger partial charge in [0.05, 0.1) is 13.5 Å². The molecule has 0 aromatic carbocycles. The van der Waals surface area contributed by atoms with Crippen molar-refractivity contribution in [3.05, 3.63) is 0 Å². The molecule has 12 heavy (non-hydrogen) atoms. The average molecular weight is 169 g/mol. The second-order valence-corrected chi connectivity index (χ2v) is 4.03. The molecule has 3 heteroatoms. The summed E-state index contributed by atoms with van der Waals surface area (Å²) in [6.07, 6.45) is 2.99. The molecular weight excluding hydrogens is 154 g/mol. The van der Waals surface area contributed by atoms with Gasteiger partial charge in [-0.1, -0.05) is 0 Å². The number of hydrogen-bond acceptors (Lipinski definition) is 3. The fourth-order valence-corrected chi connectivity index (χ4v) is 2.43. The standard InChI is InChI=1S/C9H15NO2/c1-12-8(11)6-9-2-4-10(7-9)5-3-9/h2-7H2,1H3. The Balaban J connectivity index is 1.98. The van der Waals surface area contributed by atoms with Gasteiger partial charge in [0.1, 0.15) is 0 Å². The summed E-state index contributed by atoms with van der Waals surface area (Å²) in [6.45, 7) is 3.47. The highest BCUT2D eigenvalue weighted by Gasteiger charge is 2.44. The van der Waals surface area contributed by atoms with Crippen molar-refractivity contribution < 1.29 is 9.53 Å². The second kappa shape index (κ2) is 2.73. The first kappa shape index (κ1) is 8.05. The van der Waals surface area contributed by atoms with Gasteiger partial charge in [-0.3, -0.25) is 4.79 Å². The molecule has 3 nitrogen and oxygen atoms in total. The molecule has 2 rings (SSSR count). The van der Waals surface area contributed by atoms with Crippen molar-refractivity contribution in [2.75, 3.05) is 26.7 Å². The number of rotatable bonds is 2. The quantitative estimate of drug-likeness (QED) is 0.568. The van der Waals surface area contributed by atoms with E-state index in [1.165, 1.54) is 33.0 Å². The fraction of sp³-hybridized carbons (Fsp3) is 0.889. The van der Waals surface area contributed by atoms with E-state index in [4.69, 9.17) is 4.74 Å². The molecule has 0 atom stereocenters. The summed E-state index contributed by atoms with van der Waals surface area (Å²) in [7, 11) is 1.47. The summed E-state index contributed by atoms with van der Waals surface area (Å²) in [5.41, 5.74) is 0.285. The number of nitrogens with zero attached hydrogens (tertiary/aromatic N) is 1. The minimum atomic E-state index is -0.0428. The first-order valence-electron chi connectivity index (χ1n) is 4.53. The van der Waals surface area contributed by atoms with E-state index in [-0.39, 0.29) is 11.4 Å². The Hall–Kier alpha value is -0.570. The average Bonchev–Trinajstić information content (AvgIpc) is 2.63. The van der Waals surface area contributed by atoms with Crippen LogP contribution in [0.4, 0.5) is 0 Å². The van der Waals surface area contributed by atoms with Crippen LogP contribution in [0.1, 0.15) is 19.3 Å². The van der Waals surface area contributed by atoms with Crippen LogP contribution in [0.3, 0.4) is 0 Å². The molecule has 2 aliphatic heterocycles. The third kappa shape index (κ3) is 1.22. The maximum absolute atomic E-state index is 11.1. The molecular formula is C9H15NO2. The van der Waals surface area contributed by atoms with Crippen LogP contribution in [0.2, 0.25) is 0 Å². The van der Waals surface area contributed by atoms with Gasteiger partial charge in [0.25, 0.3) is 0 Å². The zero-order chi connectivity index (χ0) is 8.60. The Morgan fingerprint density at radius 2 is 2.17 bits per heavy atom. The molecule has 0 spiro atoms. The lowest BCUT2D eigenvalue weighted by Gasteiger charge is -2.23. The van der Waals surface area contributed by atoms with Crippen molar-refractivity contribution in [1.82, 2.24) is 4.90 Å². The van der Waals surface area contributed by atoms with Crippen molar-refractivity contribution in [2.45, 2.75) is 19.3 Å². The van der Waals surface area contributed by atoms with Crippen LogP contribution in [-0.2, 0) is 9.53 Å². The Morgan fingerprint density at radius 3 is 2.58 bits per heavy atom. The van der Waals surface area contributed by atoms with E-state index in [9.17, 15) is 4.79 Å². The summed E-state index contributed by atoms with van der Waals surface area (Å²) >= 11 is 0. The van der Waals surface area contributed by atoms with Crippen molar-refractivity contribution in [3.8, 4) is 0 Å². The van der Waals surface area contributed by atoms with Gasteiger partial charge in [0, 0.05) is 6.54 Å². The molecule has 68 valence electrons. The smallest absolute Gasteiger partial charge is 0.306 e. The largest absolute Gasteiger partial charge is 0.469 e. The number of ether oxygens (including phenoxy) is 1. The highest BCUT2D eigenvalue weighted by atomic mass is 16.5. The molecule has 0 radical (unpaired) electrons. The molecule has 2 saturated heterocycles. The molecule has 2 heterocycles. The number of methoxy groups -OCH3 is 1. The van der Waals surface area contributed by atoms with Gasteiger partial charge < -0.3 is 9.64 Å². The summed E-state index contributed by atoms with van der Waals surface area (Å²) in [6, 6.07) is 0. The van der Waals surface area contributed by atoms with Gasteiger partial charge in [0.15, 0.2) is 0 Å². The summed E-state index contributed by atoms with van der Waals surface area (Å²) in [4.78, 5) is 13.5. The molecule has 2 bridgehead atoms. The Labute approximate surface area is 72.7 Å². The zero-order valence-corrected chi connectivity index (χ0v) is 7.51. The highest BCUT2D eigenvalue weighted by molar-refractivity contribution is 5.70. The van der Waals surface area contributed by atoms with Crippen LogP contribution >= 0.6 is 0 Å². The van der Waals surface area contributed by atoms with Crippen LogP contribution in [0.15, 0.2) is 0 Å². The van der Waals surface area contributed by atoms with Gasteiger partial charge >= 0.3 is 5.97 Å². The van der Waals surface area contributed by atoms with Gasteiger partial charge in [-0.15, -0.1) is 0 Å². The SMILES string of the molecule is COC(=O)CC12CCN(CC1)C2. The molecule has 0 unspecified atom stereocenters. The topological polar surface area (TPSA) is 29.5 Å². The number of hydrogen-bond donors (Lipinski definition) is 0. The van der Waals surface area contributed by atoms with Gasteiger partial charge in [-0.05, 0) is 31.3 Å². The minimum Gasteiger partial charge on any atom is -0.469 e. The van der Waals surface area contributed by atoms with Crippen LogP contribution in [0.25, 0.3) is 0 Å². The molecule has 0 N–H and O–H groups in total. The number of piperidine rings is 1. The lowest BCUT2D eigenvalue weighted by molar-refractivity contribution is -0.143. The molecule has 0 saturated carbocycles. The number of fused-ring (bicyclic) bond motifs is 2. The van der Waals surface area contributed by atoms with E-state index in [1.54, 1.807) is 0 Å². The predicted octanol–water partition coefficient (Wildman–Crippen LogP) is 0.645. The third-order valence-electron chi connectivity index (χ3n) is 3.22. The van der Waals surface area contributed by atoms with E-state index in [1.807, 2.05) is 0 Å².